The van der Waals surface area contributed by atoms with Crippen LogP contribution in [-0.2, 0) is 11.3 Å². The Bertz CT molecular complexity index is 647. The Labute approximate surface area is 123 Å². The van der Waals surface area contributed by atoms with E-state index in [-0.39, 0.29) is 12.5 Å². The lowest BCUT2D eigenvalue weighted by atomic mass is 10.1. The van der Waals surface area contributed by atoms with Crippen molar-refractivity contribution in [1.29, 1.82) is 0 Å². The van der Waals surface area contributed by atoms with Gasteiger partial charge in [-0.25, -0.2) is 0 Å². The number of hydrogen-bond donors (Lipinski definition) is 1. The van der Waals surface area contributed by atoms with Gasteiger partial charge < -0.3 is 15.1 Å². The van der Waals surface area contributed by atoms with E-state index in [1.807, 2.05) is 30.3 Å². The molecule has 0 aliphatic carbocycles. The average Bonchev–Trinajstić information content (AvgIpc) is 2.77. The lowest BCUT2D eigenvalue weighted by Gasteiger charge is -2.21. The summed E-state index contributed by atoms with van der Waals surface area (Å²) < 4.78 is 5.38. The summed E-state index contributed by atoms with van der Waals surface area (Å²) in [5, 5.41) is 0. The number of nitrogens with zero attached hydrogens (tertiary/aromatic N) is 1. The molecule has 0 bridgehead atoms. The third-order valence-electron chi connectivity index (χ3n) is 3.12. The van der Waals surface area contributed by atoms with Crippen LogP contribution in [0, 0.1) is 13.8 Å². The maximum atomic E-state index is 12.6. The molecule has 2 rings (SSSR count). The highest BCUT2D eigenvalue weighted by Crippen LogP contribution is 2.17. The van der Waals surface area contributed by atoms with Crippen molar-refractivity contribution in [3.8, 4) is 0 Å². The molecule has 1 heterocycles. The van der Waals surface area contributed by atoms with Gasteiger partial charge in [-0.05, 0) is 25.5 Å². The van der Waals surface area contributed by atoms with Crippen LogP contribution >= 0.6 is 0 Å². The Balaban J connectivity index is 2.25. The summed E-state index contributed by atoms with van der Waals surface area (Å²) in [6.07, 6.45) is 0. The number of amides is 2. The highest BCUT2D eigenvalue weighted by Gasteiger charge is 2.22. The minimum absolute atomic E-state index is 0.128. The van der Waals surface area contributed by atoms with E-state index in [0.717, 1.165) is 5.56 Å². The van der Waals surface area contributed by atoms with Crippen molar-refractivity contribution in [1.82, 2.24) is 4.90 Å². The average molecular weight is 286 g/mol. The van der Waals surface area contributed by atoms with Gasteiger partial charge in [0.2, 0.25) is 5.91 Å². The van der Waals surface area contributed by atoms with E-state index in [9.17, 15) is 9.59 Å². The first-order valence-corrected chi connectivity index (χ1v) is 6.66. The highest BCUT2D eigenvalue weighted by molar-refractivity contribution is 5.97. The third kappa shape index (κ3) is 3.72. The van der Waals surface area contributed by atoms with Gasteiger partial charge in [-0.3, -0.25) is 9.59 Å². The Morgan fingerprint density at radius 3 is 2.38 bits per heavy atom. The Kier molecular flexibility index (Phi) is 4.42. The van der Waals surface area contributed by atoms with Crippen LogP contribution in [0.25, 0.3) is 0 Å². The fourth-order valence-electron chi connectivity index (χ4n) is 2.20. The van der Waals surface area contributed by atoms with Crippen LogP contribution in [0.2, 0.25) is 0 Å². The van der Waals surface area contributed by atoms with Crippen LogP contribution in [0.4, 0.5) is 0 Å². The van der Waals surface area contributed by atoms with E-state index < -0.39 is 5.91 Å². The zero-order valence-corrected chi connectivity index (χ0v) is 12.1. The predicted molar refractivity (Wildman–Crippen MR) is 78.6 cm³/mol. The number of furan rings is 1. The lowest BCUT2D eigenvalue weighted by Crippen LogP contribution is -2.38. The smallest absolute Gasteiger partial charge is 0.258 e. The first-order chi connectivity index (χ1) is 9.97. The summed E-state index contributed by atoms with van der Waals surface area (Å²) in [6, 6.07) is 11.1. The van der Waals surface area contributed by atoms with Crippen molar-refractivity contribution in [2.45, 2.75) is 20.4 Å². The van der Waals surface area contributed by atoms with E-state index in [1.54, 1.807) is 19.9 Å². The fraction of sp³-hybridized carbons (Fsp3) is 0.250. The summed E-state index contributed by atoms with van der Waals surface area (Å²) >= 11 is 0. The van der Waals surface area contributed by atoms with Gasteiger partial charge in [0.15, 0.2) is 0 Å². The van der Waals surface area contributed by atoms with Crippen LogP contribution in [-0.4, -0.2) is 23.3 Å². The number of nitrogens with two attached hydrogens (primary N) is 1. The summed E-state index contributed by atoms with van der Waals surface area (Å²) in [6.45, 7) is 3.70. The van der Waals surface area contributed by atoms with E-state index >= 15 is 0 Å². The topological polar surface area (TPSA) is 76.5 Å². The van der Waals surface area contributed by atoms with Crippen LogP contribution < -0.4 is 5.73 Å². The molecular weight excluding hydrogens is 268 g/mol. The van der Waals surface area contributed by atoms with E-state index in [2.05, 4.69) is 0 Å². The largest absolute Gasteiger partial charge is 0.466 e. The molecule has 0 unspecified atom stereocenters. The van der Waals surface area contributed by atoms with Crippen LogP contribution in [0.3, 0.4) is 0 Å². The minimum Gasteiger partial charge on any atom is -0.466 e. The maximum Gasteiger partial charge on any atom is 0.258 e. The van der Waals surface area contributed by atoms with E-state index in [4.69, 9.17) is 10.2 Å². The predicted octanol–water partition coefficient (Wildman–Crippen LogP) is 2.02. The Hall–Kier alpha value is -2.56. The zero-order valence-electron chi connectivity index (χ0n) is 12.1. The number of primary amides is 1. The van der Waals surface area contributed by atoms with Crippen molar-refractivity contribution < 1.29 is 14.0 Å². The molecule has 21 heavy (non-hydrogen) atoms. The molecule has 0 aliphatic heterocycles. The molecular formula is C16H18N2O3. The Morgan fingerprint density at radius 1 is 1.19 bits per heavy atom. The minimum atomic E-state index is -0.544. The highest BCUT2D eigenvalue weighted by atomic mass is 16.3. The lowest BCUT2D eigenvalue weighted by molar-refractivity contribution is -0.118. The summed E-state index contributed by atoms with van der Waals surface area (Å²) in [5.74, 6) is 0.402. The molecule has 0 spiro atoms. The monoisotopic (exact) mass is 286 g/mol. The molecule has 5 heteroatoms. The zero-order chi connectivity index (χ0) is 15.4. The van der Waals surface area contributed by atoms with Gasteiger partial charge in [-0.15, -0.1) is 0 Å². The van der Waals surface area contributed by atoms with Crippen molar-refractivity contribution >= 4 is 11.8 Å². The second-order valence-corrected chi connectivity index (χ2v) is 4.94. The third-order valence-corrected chi connectivity index (χ3v) is 3.12. The molecule has 0 aliphatic rings. The van der Waals surface area contributed by atoms with Gasteiger partial charge >= 0.3 is 0 Å². The van der Waals surface area contributed by atoms with Gasteiger partial charge in [-0.2, -0.15) is 0 Å². The molecule has 1 aromatic heterocycles. The fourth-order valence-corrected chi connectivity index (χ4v) is 2.20. The van der Waals surface area contributed by atoms with Crippen LogP contribution in [0.15, 0.2) is 40.8 Å². The van der Waals surface area contributed by atoms with Crippen molar-refractivity contribution in [3.63, 3.8) is 0 Å². The number of hydrogen-bond acceptors (Lipinski definition) is 3. The van der Waals surface area contributed by atoms with Crippen LogP contribution in [0.5, 0.6) is 0 Å². The second-order valence-electron chi connectivity index (χ2n) is 4.94. The van der Waals surface area contributed by atoms with Crippen molar-refractivity contribution in [2.75, 3.05) is 6.54 Å². The molecule has 2 N–H and O–H groups in total. The van der Waals surface area contributed by atoms with Crippen molar-refractivity contribution in [3.05, 3.63) is 59.0 Å². The van der Waals surface area contributed by atoms with Crippen molar-refractivity contribution in [2.24, 2.45) is 5.73 Å². The van der Waals surface area contributed by atoms with Gasteiger partial charge in [0.05, 0.1) is 12.1 Å². The molecule has 2 amide bonds. The number of aryl methyl sites for hydroxylation is 2. The normalized spacial score (nSPS) is 10.4. The van der Waals surface area contributed by atoms with Gasteiger partial charge in [0.1, 0.15) is 11.5 Å². The maximum absolute atomic E-state index is 12.6. The number of carbonyl (C=O) groups excluding carboxylic acids is 2. The van der Waals surface area contributed by atoms with E-state index in [0.29, 0.717) is 23.6 Å². The first-order valence-electron chi connectivity index (χ1n) is 6.66. The molecule has 2 aromatic rings. The summed E-state index contributed by atoms with van der Waals surface area (Å²) in [5.41, 5.74) is 6.65. The Morgan fingerprint density at radius 2 is 1.86 bits per heavy atom. The molecule has 0 saturated heterocycles. The summed E-state index contributed by atoms with van der Waals surface area (Å²) in [7, 11) is 0. The second kappa shape index (κ2) is 6.26. The first kappa shape index (κ1) is 14.8. The molecule has 110 valence electrons. The van der Waals surface area contributed by atoms with Gasteiger partial charge in [0.25, 0.3) is 5.91 Å². The van der Waals surface area contributed by atoms with E-state index in [1.165, 1.54) is 4.90 Å². The molecule has 0 fully saturated rings. The number of rotatable bonds is 5. The molecule has 0 radical (unpaired) electrons. The SMILES string of the molecule is Cc1cc(C(=O)N(CC(N)=O)Cc2ccccc2)c(C)o1. The molecule has 5 nitrogen and oxygen atoms in total. The van der Waals surface area contributed by atoms with Crippen LogP contribution in [0.1, 0.15) is 27.4 Å². The number of carbonyl (C=O) groups is 2. The molecule has 0 saturated carbocycles. The standard InChI is InChI=1S/C16H18N2O3/c1-11-8-14(12(2)21-11)16(20)18(10-15(17)19)9-13-6-4-3-5-7-13/h3-8H,9-10H2,1-2H3,(H2,17,19). The molecule has 1 aromatic carbocycles. The van der Waals surface area contributed by atoms with Gasteiger partial charge in [-0.1, -0.05) is 30.3 Å². The quantitative estimate of drug-likeness (QED) is 0.913. The van der Waals surface area contributed by atoms with Gasteiger partial charge in [0, 0.05) is 6.54 Å². The summed E-state index contributed by atoms with van der Waals surface area (Å²) in [4.78, 5) is 25.2. The molecule has 0 atom stereocenters. The number of benzene rings is 1.